The number of Topliss-reactive ketones (excluding diaryl/α,β-unsaturated/α-hetero) is 2. The minimum absolute atomic E-state index is 0.878. The summed E-state index contributed by atoms with van der Waals surface area (Å²) in [5, 5.41) is 0. The van der Waals surface area contributed by atoms with Crippen LogP contribution in [0.2, 0.25) is 0 Å². The van der Waals surface area contributed by atoms with Crippen LogP contribution in [0.5, 0.6) is 0 Å². The first kappa shape index (κ1) is 20.5. The van der Waals surface area contributed by atoms with E-state index in [1.807, 2.05) is 0 Å². The molecule has 10 heteroatoms. The van der Waals surface area contributed by atoms with E-state index in [2.05, 4.69) is 18.9 Å². The summed E-state index contributed by atoms with van der Waals surface area (Å²) in [5.74, 6) is -13.6. The van der Waals surface area contributed by atoms with Crippen molar-refractivity contribution in [2.45, 2.75) is 6.92 Å². The van der Waals surface area contributed by atoms with E-state index < -0.39 is 70.4 Å². The summed E-state index contributed by atoms with van der Waals surface area (Å²) in [7, 11) is 4.11. The van der Waals surface area contributed by atoms with Crippen molar-refractivity contribution < 1.29 is 47.7 Å². The second kappa shape index (κ2) is 7.09. The Morgan fingerprint density at radius 3 is 1.22 bits per heavy atom. The lowest BCUT2D eigenvalue weighted by Crippen LogP contribution is -2.44. The van der Waals surface area contributed by atoms with Crippen LogP contribution in [0.25, 0.3) is 0 Å². The molecule has 2 fully saturated rings. The van der Waals surface area contributed by atoms with Crippen LogP contribution < -0.4 is 0 Å². The van der Waals surface area contributed by atoms with Gasteiger partial charge in [0.1, 0.15) is 23.7 Å². The number of esters is 4. The van der Waals surface area contributed by atoms with Crippen molar-refractivity contribution in [1.29, 1.82) is 0 Å². The van der Waals surface area contributed by atoms with Crippen LogP contribution in [0.1, 0.15) is 6.92 Å². The lowest BCUT2D eigenvalue weighted by Gasteiger charge is -2.33. The molecule has 0 saturated heterocycles. The Kier molecular flexibility index (Phi) is 5.39. The molecule has 2 saturated carbocycles. The van der Waals surface area contributed by atoms with E-state index in [1.54, 1.807) is 0 Å². The Morgan fingerprint density at radius 1 is 0.667 bits per heavy atom. The molecule has 0 radical (unpaired) electrons. The fourth-order valence-corrected chi connectivity index (χ4v) is 4.54. The maximum absolute atomic E-state index is 12.9. The molecule has 27 heavy (non-hydrogen) atoms. The second-order valence-electron chi connectivity index (χ2n) is 6.61. The van der Waals surface area contributed by atoms with Gasteiger partial charge in [0.05, 0.1) is 28.4 Å². The molecule has 0 aromatic heterocycles. The summed E-state index contributed by atoms with van der Waals surface area (Å²) >= 11 is 0. The molecule has 0 bridgehead atoms. The summed E-state index contributed by atoms with van der Waals surface area (Å²) in [4.78, 5) is 75.2. The molecule has 2 rings (SSSR count). The maximum atomic E-state index is 12.9. The predicted molar refractivity (Wildman–Crippen MR) is 83.6 cm³/mol. The Labute approximate surface area is 154 Å². The lowest BCUT2D eigenvalue weighted by molar-refractivity contribution is -0.159. The second-order valence-corrected chi connectivity index (χ2v) is 6.61. The molecular weight excluding hydrogens is 364 g/mol. The summed E-state index contributed by atoms with van der Waals surface area (Å²) in [6.45, 7) is 1.32. The molecule has 4 atom stereocenters. The van der Waals surface area contributed by atoms with Crippen molar-refractivity contribution in [3.8, 4) is 0 Å². The minimum Gasteiger partial charge on any atom is -0.468 e. The fourth-order valence-electron chi connectivity index (χ4n) is 4.54. The van der Waals surface area contributed by atoms with E-state index in [0.29, 0.717) is 0 Å². The average Bonchev–Trinajstić information content (AvgIpc) is 3.01. The number of ether oxygens (including phenoxy) is 4. The topological polar surface area (TPSA) is 139 Å². The molecule has 0 aromatic carbocycles. The molecule has 0 N–H and O–H groups in total. The normalized spacial score (nSPS) is 34.6. The van der Waals surface area contributed by atoms with E-state index in [0.717, 1.165) is 28.4 Å². The van der Waals surface area contributed by atoms with Gasteiger partial charge in [0.15, 0.2) is 11.6 Å². The predicted octanol–water partition coefficient (Wildman–Crippen LogP) is -1.07. The Balaban J connectivity index is 2.79. The number of carbonyl (C=O) groups excluding carboxylic acids is 6. The summed E-state index contributed by atoms with van der Waals surface area (Å²) in [5.41, 5.74) is -1.72. The Hall–Kier alpha value is -2.78. The monoisotopic (exact) mass is 384 g/mol. The third kappa shape index (κ3) is 2.62. The van der Waals surface area contributed by atoms with Gasteiger partial charge in [0, 0.05) is 11.3 Å². The molecule has 0 spiro atoms. The highest BCUT2D eigenvalue weighted by Gasteiger charge is 2.77. The van der Waals surface area contributed by atoms with Crippen molar-refractivity contribution in [3.63, 3.8) is 0 Å². The van der Waals surface area contributed by atoms with Crippen LogP contribution in [0.3, 0.4) is 0 Å². The highest BCUT2D eigenvalue weighted by atomic mass is 16.5. The molecule has 2 aliphatic carbocycles. The first-order valence-corrected chi connectivity index (χ1v) is 8.02. The van der Waals surface area contributed by atoms with E-state index in [4.69, 9.17) is 0 Å². The van der Waals surface area contributed by atoms with Crippen molar-refractivity contribution in [2.24, 2.45) is 35.0 Å². The van der Waals surface area contributed by atoms with Crippen LogP contribution in [0, 0.1) is 35.0 Å². The Bertz CT molecular complexity index is 667. The zero-order valence-electron chi connectivity index (χ0n) is 15.5. The van der Waals surface area contributed by atoms with Gasteiger partial charge >= 0.3 is 23.9 Å². The Morgan fingerprint density at radius 2 is 0.963 bits per heavy atom. The molecule has 4 unspecified atom stereocenters. The van der Waals surface area contributed by atoms with Crippen molar-refractivity contribution in [3.05, 3.63) is 0 Å². The molecular formula is C17H20O10. The number of rotatable bonds is 4. The van der Waals surface area contributed by atoms with Gasteiger partial charge in [-0.25, -0.2) is 0 Å². The molecule has 2 aliphatic rings. The van der Waals surface area contributed by atoms with Gasteiger partial charge in [0.2, 0.25) is 0 Å². The van der Waals surface area contributed by atoms with Gasteiger partial charge < -0.3 is 18.9 Å². The number of ketones is 2. The smallest absolute Gasteiger partial charge is 0.316 e. The minimum atomic E-state index is -1.72. The SMILES string of the molecule is COC(=O)C1C(=O)C(C(=O)OC)C2(C)C(C(=O)OC)C(=O)C(C(=O)OC)C12. The fraction of sp³-hybridized carbons (Fsp3) is 0.647. The van der Waals surface area contributed by atoms with Gasteiger partial charge in [-0.2, -0.15) is 0 Å². The van der Waals surface area contributed by atoms with Crippen molar-refractivity contribution >= 4 is 35.4 Å². The standard InChI is InChI=1S/C17H20O10/c1-17-8(6(13(20)24-2)11(18)9(17)15(22)26-4)7(14(21)25-3)12(19)10(17)16(23)27-5/h6-10H,1-5H3. The summed E-state index contributed by atoms with van der Waals surface area (Å²) in [6, 6.07) is 0. The van der Waals surface area contributed by atoms with Gasteiger partial charge in [-0.15, -0.1) is 0 Å². The highest BCUT2D eigenvalue weighted by Crippen LogP contribution is 2.62. The zero-order valence-corrected chi connectivity index (χ0v) is 15.5. The number of methoxy groups -OCH3 is 4. The van der Waals surface area contributed by atoms with Crippen LogP contribution in [0.15, 0.2) is 0 Å². The van der Waals surface area contributed by atoms with Gasteiger partial charge in [0.25, 0.3) is 0 Å². The zero-order chi connectivity index (χ0) is 20.7. The van der Waals surface area contributed by atoms with Crippen LogP contribution in [-0.2, 0) is 47.7 Å². The molecule has 10 nitrogen and oxygen atoms in total. The van der Waals surface area contributed by atoms with Crippen molar-refractivity contribution in [2.75, 3.05) is 28.4 Å². The lowest BCUT2D eigenvalue weighted by atomic mass is 9.68. The average molecular weight is 384 g/mol. The molecule has 0 amide bonds. The third-order valence-electron chi connectivity index (χ3n) is 5.65. The quantitative estimate of drug-likeness (QED) is 0.334. The third-order valence-corrected chi connectivity index (χ3v) is 5.65. The first-order chi connectivity index (χ1) is 12.6. The van der Waals surface area contributed by atoms with Crippen LogP contribution in [0.4, 0.5) is 0 Å². The van der Waals surface area contributed by atoms with Crippen LogP contribution >= 0.6 is 0 Å². The number of fused-ring (bicyclic) bond motifs is 1. The molecule has 0 heterocycles. The summed E-state index contributed by atoms with van der Waals surface area (Å²) < 4.78 is 18.6. The van der Waals surface area contributed by atoms with Gasteiger partial charge in [-0.05, 0) is 0 Å². The molecule has 0 aliphatic heterocycles. The molecule has 0 aromatic rings. The van der Waals surface area contributed by atoms with Crippen molar-refractivity contribution in [1.82, 2.24) is 0 Å². The summed E-state index contributed by atoms with van der Waals surface area (Å²) in [6.07, 6.45) is 0. The number of hydrogen-bond acceptors (Lipinski definition) is 10. The highest BCUT2D eigenvalue weighted by molar-refractivity contribution is 6.19. The first-order valence-electron chi connectivity index (χ1n) is 8.02. The van der Waals surface area contributed by atoms with Gasteiger partial charge in [-0.3, -0.25) is 28.8 Å². The van der Waals surface area contributed by atoms with Crippen LogP contribution in [-0.4, -0.2) is 63.9 Å². The van der Waals surface area contributed by atoms with E-state index in [-0.39, 0.29) is 0 Å². The number of hydrogen-bond donors (Lipinski definition) is 0. The van der Waals surface area contributed by atoms with E-state index in [9.17, 15) is 28.8 Å². The van der Waals surface area contributed by atoms with E-state index >= 15 is 0 Å². The molecule has 148 valence electrons. The maximum Gasteiger partial charge on any atom is 0.316 e. The van der Waals surface area contributed by atoms with Gasteiger partial charge in [-0.1, -0.05) is 6.92 Å². The van der Waals surface area contributed by atoms with E-state index in [1.165, 1.54) is 6.92 Å². The largest absolute Gasteiger partial charge is 0.468 e. The number of carbonyl (C=O) groups is 6.